The predicted molar refractivity (Wildman–Crippen MR) is 135 cm³/mol. The zero-order valence-electron chi connectivity index (χ0n) is 19.2. The number of fused-ring (bicyclic) bond motifs is 2. The number of likely N-dealkylation sites (tertiary alicyclic amines) is 1. The molecule has 2 aromatic carbocycles. The number of hydrogen-bond donors (Lipinski definition) is 1. The van der Waals surface area contributed by atoms with Gasteiger partial charge in [0.15, 0.2) is 0 Å². The molecule has 34 heavy (non-hydrogen) atoms. The van der Waals surface area contributed by atoms with Crippen LogP contribution >= 0.6 is 0 Å². The van der Waals surface area contributed by atoms with Crippen molar-refractivity contribution in [3.8, 4) is 0 Å². The van der Waals surface area contributed by atoms with Crippen LogP contribution in [0.2, 0.25) is 0 Å². The summed E-state index contributed by atoms with van der Waals surface area (Å²) in [5.41, 5.74) is 3.81. The summed E-state index contributed by atoms with van der Waals surface area (Å²) in [5.74, 6) is -0.732. The topological polar surface area (TPSA) is 59.3 Å². The second-order valence-corrected chi connectivity index (χ2v) is 9.27. The molecular weight excluding hydrogens is 424 g/mol. The average Bonchev–Trinajstić information content (AvgIpc) is 3.53. The fourth-order valence-electron chi connectivity index (χ4n) is 5.47. The number of para-hydroxylation sites is 2. The van der Waals surface area contributed by atoms with E-state index in [1.165, 1.54) is 37.9 Å². The smallest absolute Gasteiger partial charge is 0.277 e. The number of imide groups is 1. The summed E-state index contributed by atoms with van der Waals surface area (Å²) in [6.45, 7) is 3.50. The van der Waals surface area contributed by atoms with Crippen LogP contribution in [0.3, 0.4) is 0 Å². The monoisotopic (exact) mass is 452 g/mol. The predicted octanol–water partition coefficient (Wildman–Crippen LogP) is 4.50. The highest BCUT2D eigenvalue weighted by molar-refractivity contribution is 6.44. The first-order valence-corrected chi connectivity index (χ1v) is 12.2. The molecule has 0 saturated carbocycles. The standard InChI is InChI=1S/C28H28N4O2/c33-27-25(31-18-14-20-9-2-4-12-23(20)31)26(28(34)29-27)32-19-21(22-11-3-5-13-24(22)32)10-8-17-30-15-6-1-7-16-30/h2-5,9,11-14,18-19H,1,6-8,10,15-17H2,(H,29,33,34). The summed E-state index contributed by atoms with van der Waals surface area (Å²) < 4.78 is 3.74. The molecular formula is C28H28N4O2. The van der Waals surface area contributed by atoms with E-state index < -0.39 is 0 Å². The molecule has 0 spiro atoms. The molecule has 0 atom stereocenters. The minimum Gasteiger partial charge on any atom is -0.310 e. The third-order valence-corrected chi connectivity index (χ3v) is 7.13. The molecule has 6 nitrogen and oxygen atoms in total. The maximum absolute atomic E-state index is 13.1. The fraction of sp³-hybridized carbons (Fsp3) is 0.286. The SMILES string of the molecule is O=C1NC(=O)C(n2cc(CCCN3CCCCC3)c3ccccc32)=C1n1ccc2ccccc21. The Kier molecular flexibility index (Phi) is 5.30. The lowest BCUT2D eigenvalue weighted by Gasteiger charge is -2.26. The lowest BCUT2D eigenvalue weighted by molar-refractivity contribution is -0.123. The normalized spacial score (nSPS) is 17.3. The van der Waals surface area contributed by atoms with Gasteiger partial charge in [-0.3, -0.25) is 14.9 Å². The molecule has 2 aliphatic heterocycles. The van der Waals surface area contributed by atoms with Crippen LogP contribution in [0.15, 0.2) is 67.0 Å². The number of hydrogen-bond acceptors (Lipinski definition) is 3. The number of benzene rings is 2. The molecule has 0 aliphatic carbocycles. The molecule has 4 aromatic rings. The van der Waals surface area contributed by atoms with Crippen LogP contribution in [0.4, 0.5) is 0 Å². The average molecular weight is 453 g/mol. The van der Waals surface area contributed by atoms with E-state index in [-0.39, 0.29) is 11.8 Å². The third-order valence-electron chi connectivity index (χ3n) is 7.13. The molecule has 0 unspecified atom stereocenters. The van der Waals surface area contributed by atoms with Gasteiger partial charge in [0.05, 0.1) is 11.0 Å². The second kappa shape index (κ2) is 8.61. The van der Waals surface area contributed by atoms with Crippen LogP contribution in [0.25, 0.3) is 33.2 Å². The molecule has 0 bridgehead atoms. The summed E-state index contributed by atoms with van der Waals surface area (Å²) >= 11 is 0. The highest BCUT2D eigenvalue weighted by Crippen LogP contribution is 2.32. The van der Waals surface area contributed by atoms with Crippen LogP contribution in [-0.2, 0) is 16.0 Å². The van der Waals surface area contributed by atoms with E-state index in [2.05, 4.69) is 22.5 Å². The van der Waals surface area contributed by atoms with Crippen molar-refractivity contribution < 1.29 is 9.59 Å². The Hall–Kier alpha value is -3.64. The van der Waals surface area contributed by atoms with Crippen LogP contribution in [0.1, 0.15) is 31.2 Å². The van der Waals surface area contributed by atoms with E-state index in [0.29, 0.717) is 11.4 Å². The largest absolute Gasteiger partial charge is 0.310 e. The molecule has 1 saturated heterocycles. The van der Waals surface area contributed by atoms with Crippen molar-refractivity contribution in [2.24, 2.45) is 0 Å². The lowest BCUT2D eigenvalue weighted by Crippen LogP contribution is -2.30. The Balaban J connectivity index is 1.42. The van der Waals surface area contributed by atoms with Crippen LogP contribution in [0, 0.1) is 0 Å². The first-order valence-electron chi connectivity index (χ1n) is 12.2. The van der Waals surface area contributed by atoms with Gasteiger partial charge >= 0.3 is 0 Å². The highest BCUT2D eigenvalue weighted by Gasteiger charge is 2.34. The summed E-state index contributed by atoms with van der Waals surface area (Å²) in [6.07, 6.45) is 9.88. The Morgan fingerprint density at radius 1 is 0.765 bits per heavy atom. The number of rotatable bonds is 6. The number of aromatic nitrogens is 2. The Morgan fingerprint density at radius 2 is 1.47 bits per heavy atom. The van der Waals surface area contributed by atoms with E-state index in [4.69, 9.17) is 0 Å². The van der Waals surface area contributed by atoms with E-state index in [9.17, 15) is 9.59 Å². The van der Waals surface area contributed by atoms with Gasteiger partial charge < -0.3 is 14.0 Å². The van der Waals surface area contributed by atoms with Gasteiger partial charge in [0, 0.05) is 17.8 Å². The molecule has 2 aromatic heterocycles. The number of nitrogens with zero attached hydrogens (tertiary/aromatic N) is 3. The summed E-state index contributed by atoms with van der Waals surface area (Å²) in [4.78, 5) is 28.6. The number of amides is 2. The molecule has 0 radical (unpaired) electrons. The Labute approximate surface area is 198 Å². The van der Waals surface area contributed by atoms with Gasteiger partial charge in [-0.2, -0.15) is 0 Å². The summed E-state index contributed by atoms with van der Waals surface area (Å²) in [6, 6.07) is 18.0. The van der Waals surface area contributed by atoms with Crippen molar-refractivity contribution in [2.75, 3.05) is 19.6 Å². The molecule has 2 amide bonds. The summed E-state index contributed by atoms with van der Waals surface area (Å²) in [5, 5.41) is 4.69. The lowest BCUT2D eigenvalue weighted by atomic mass is 10.1. The van der Waals surface area contributed by atoms with Crippen molar-refractivity contribution in [1.82, 2.24) is 19.4 Å². The molecule has 6 rings (SSSR count). The fourth-order valence-corrected chi connectivity index (χ4v) is 5.47. The minimum atomic E-state index is -0.370. The third kappa shape index (κ3) is 3.55. The molecule has 6 heteroatoms. The van der Waals surface area contributed by atoms with E-state index >= 15 is 0 Å². The quantitative estimate of drug-likeness (QED) is 0.439. The molecule has 2 aliphatic rings. The van der Waals surface area contributed by atoms with E-state index in [0.717, 1.165) is 41.2 Å². The Morgan fingerprint density at radius 3 is 2.29 bits per heavy atom. The van der Waals surface area contributed by atoms with Crippen LogP contribution in [-0.4, -0.2) is 45.5 Å². The van der Waals surface area contributed by atoms with Crippen LogP contribution in [0.5, 0.6) is 0 Å². The number of carbonyl (C=O) groups is 2. The number of nitrogens with one attached hydrogen (secondary N) is 1. The Bertz CT molecular complexity index is 1440. The zero-order valence-corrected chi connectivity index (χ0v) is 19.2. The summed E-state index contributed by atoms with van der Waals surface area (Å²) in [7, 11) is 0. The van der Waals surface area contributed by atoms with Gasteiger partial charge in [0.2, 0.25) is 0 Å². The van der Waals surface area contributed by atoms with Gasteiger partial charge in [0.1, 0.15) is 11.4 Å². The van der Waals surface area contributed by atoms with E-state index in [1.807, 2.05) is 63.9 Å². The molecule has 1 fully saturated rings. The van der Waals surface area contributed by atoms with Crippen molar-refractivity contribution in [2.45, 2.75) is 32.1 Å². The van der Waals surface area contributed by atoms with Crippen molar-refractivity contribution >= 4 is 45.0 Å². The van der Waals surface area contributed by atoms with Gasteiger partial charge in [-0.05, 0) is 74.5 Å². The zero-order chi connectivity index (χ0) is 23.1. The second-order valence-electron chi connectivity index (χ2n) is 9.27. The van der Waals surface area contributed by atoms with Crippen molar-refractivity contribution in [3.05, 3.63) is 72.6 Å². The van der Waals surface area contributed by atoms with Gasteiger partial charge in [0.25, 0.3) is 11.8 Å². The van der Waals surface area contributed by atoms with Gasteiger partial charge in [-0.15, -0.1) is 0 Å². The van der Waals surface area contributed by atoms with Crippen molar-refractivity contribution in [3.63, 3.8) is 0 Å². The number of carbonyl (C=O) groups excluding carboxylic acids is 2. The molecule has 1 N–H and O–H groups in total. The van der Waals surface area contributed by atoms with E-state index in [1.54, 1.807) is 0 Å². The first-order chi connectivity index (χ1) is 16.7. The van der Waals surface area contributed by atoms with Gasteiger partial charge in [-0.25, -0.2) is 0 Å². The highest BCUT2D eigenvalue weighted by atomic mass is 16.2. The molecule has 172 valence electrons. The van der Waals surface area contributed by atoms with Crippen molar-refractivity contribution in [1.29, 1.82) is 0 Å². The maximum Gasteiger partial charge on any atom is 0.277 e. The van der Waals surface area contributed by atoms with Gasteiger partial charge in [-0.1, -0.05) is 42.8 Å². The number of piperidine rings is 1. The minimum absolute atomic E-state index is 0.363. The van der Waals surface area contributed by atoms with Crippen LogP contribution < -0.4 is 5.32 Å². The first kappa shape index (κ1) is 20.9. The number of aryl methyl sites for hydroxylation is 1. The molecule has 4 heterocycles. The maximum atomic E-state index is 13.1.